The number of sulfonamides is 1. The molecule has 0 spiro atoms. The van der Waals surface area contributed by atoms with Crippen molar-refractivity contribution < 1.29 is 18.3 Å². The van der Waals surface area contributed by atoms with Crippen LogP contribution in [0.3, 0.4) is 0 Å². The molecule has 0 amide bonds. The molecular weight excluding hydrogens is 340 g/mol. The van der Waals surface area contributed by atoms with Gasteiger partial charge in [0.25, 0.3) is 0 Å². The third-order valence-electron chi connectivity index (χ3n) is 4.81. The van der Waals surface area contributed by atoms with Crippen LogP contribution in [0.5, 0.6) is 0 Å². The summed E-state index contributed by atoms with van der Waals surface area (Å²) < 4.78 is 27.1. The summed E-state index contributed by atoms with van der Waals surface area (Å²) >= 11 is 5.89. The topological polar surface area (TPSA) is 77.9 Å². The zero-order valence-electron chi connectivity index (χ0n) is 12.8. The molecule has 0 radical (unpaired) electrons. The van der Waals surface area contributed by atoms with E-state index in [0.29, 0.717) is 11.4 Å². The van der Waals surface area contributed by atoms with Crippen LogP contribution in [-0.2, 0) is 14.8 Å². The Kier molecular flexibility index (Phi) is 4.16. The monoisotopic (exact) mass is 358 g/mol. The zero-order valence-corrected chi connectivity index (χ0v) is 14.3. The van der Waals surface area contributed by atoms with Gasteiger partial charge >= 0.3 is 5.97 Å². The summed E-state index contributed by atoms with van der Waals surface area (Å²) in [6.45, 7) is 3.46. The second kappa shape index (κ2) is 5.73. The summed E-state index contributed by atoms with van der Waals surface area (Å²) in [5.74, 6) is -1.12. The highest BCUT2D eigenvalue weighted by Crippen LogP contribution is 2.38. The lowest BCUT2D eigenvalue weighted by atomic mass is 9.97. The van der Waals surface area contributed by atoms with E-state index in [9.17, 15) is 18.3 Å². The fraction of sp³-hybridized carbons (Fsp3) is 0.533. The first-order valence-corrected chi connectivity index (χ1v) is 9.33. The number of likely N-dealkylation sites (tertiary alicyclic amines) is 1. The second-order valence-corrected chi connectivity index (χ2v) is 8.62. The van der Waals surface area contributed by atoms with Crippen molar-refractivity contribution in [3.8, 4) is 0 Å². The molecule has 0 aromatic heterocycles. The van der Waals surface area contributed by atoms with E-state index >= 15 is 0 Å². The van der Waals surface area contributed by atoms with Crippen molar-refractivity contribution in [2.75, 3.05) is 19.6 Å². The van der Waals surface area contributed by atoms with Crippen molar-refractivity contribution in [2.24, 2.45) is 0 Å². The molecule has 23 heavy (non-hydrogen) atoms. The van der Waals surface area contributed by atoms with Crippen LogP contribution in [0.2, 0.25) is 5.02 Å². The highest BCUT2D eigenvalue weighted by atomic mass is 35.5. The minimum atomic E-state index is -3.92. The van der Waals surface area contributed by atoms with Crippen molar-refractivity contribution in [3.05, 3.63) is 29.3 Å². The van der Waals surface area contributed by atoms with Gasteiger partial charge in [-0.15, -0.1) is 0 Å². The lowest BCUT2D eigenvalue weighted by Gasteiger charge is -2.36. The molecule has 2 atom stereocenters. The highest BCUT2D eigenvalue weighted by Gasteiger charge is 2.55. The van der Waals surface area contributed by atoms with Gasteiger partial charge in [0.05, 0.1) is 4.90 Å². The predicted octanol–water partition coefficient (Wildman–Crippen LogP) is 1.65. The molecule has 1 unspecified atom stereocenters. The molecule has 0 aliphatic carbocycles. The largest absolute Gasteiger partial charge is 0.480 e. The molecule has 2 saturated heterocycles. The van der Waals surface area contributed by atoms with Crippen LogP contribution in [0.15, 0.2) is 29.2 Å². The molecule has 0 saturated carbocycles. The van der Waals surface area contributed by atoms with E-state index < -0.39 is 21.5 Å². The number of hydrogen-bond donors (Lipinski definition) is 1. The first kappa shape index (κ1) is 16.7. The molecule has 1 aromatic rings. The average molecular weight is 359 g/mol. The predicted molar refractivity (Wildman–Crippen MR) is 86.0 cm³/mol. The molecular formula is C15H19ClN2O4S. The SMILES string of the molecule is CC1(C(=O)O)C[C@@H](N2CCC2)CN1S(=O)(=O)c1cccc(Cl)c1. The van der Waals surface area contributed by atoms with Crippen molar-refractivity contribution in [3.63, 3.8) is 0 Å². The quantitative estimate of drug-likeness (QED) is 0.885. The third kappa shape index (κ3) is 2.76. The summed E-state index contributed by atoms with van der Waals surface area (Å²) in [5, 5.41) is 9.95. The van der Waals surface area contributed by atoms with Crippen LogP contribution in [0, 0.1) is 0 Å². The standard InChI is InChI=1S/C15H19ClN2O4S/c1-15(14(19)20)9-12(17-6-3-7-17)10-18(15)23(21,22)13-5-2-4-11(16)8-13/h2,4-5,8,12H,3,6-7,9-10H2,1H3,(H,19,20)/t12-,15?/m1/s1. The van der Waals surface area contributed by atoms with E-state index in [0.717, 1.165) is 23.8 Å². The normalized spacial score (nSPS) is 29.4. The zero-order chi connectivity index (χ0) is 16.8. The maximum atomic E-state index is 13.0. The Morgan fingerprint density at radius 3 is 2.61 bits per heavy atom. The number of hydrogen-bond acceptors (Lipinski definition) is 4. The van der Waals surface area contributed by atoms with Crippen molar-refractivity contribution in [2.45, 2.75) is 36.2 Å². The minimum absolute atomic E-state index is 0.0294. The van der Waals surface area contributed by atoms with Crippen molar-refractivity contribution in [1.29, 1.82) is 0 Å². The van der Waals surface area contributed by atoms with Gasteiger partial charge in [-0.2, -0.15) is 4.31 Å². The van der Waals surface area contributed by atoms with Crippen molar-refractivity contribution >= 4 is 27.6 Å². The summed E-state index contributed by atoms with van der Waals surface area (Å²) in [7, 11) is -3.92. The van der Waals surface area contributed by atoms with Gasteiger partial charge in [0, 0.05) is 17.6 Å². The molecule has 2 aliphatic heterocycles. The number of carboxylic acid groups (broad SMARTS) is 1. The number of aliphatic carboxylic acids is 1. The number of carbonyl (C=O) groups is 1. The minimum Gasteiger partial charge on any atom is -0.480 e. The molecule has 1 N–H and O–H groups in total. The first-order chi connectivity index (χ1) is 10.7. The highest BCUT2D eigenvalue weighted by molar-refractivity contribution is 7.89. The smallest absolute Gasteiger partial charge is 0.324 e. The number of benzene rings is 1. The lowest BCUT2D eigenvalue weighted by Crippen LogP contribution is -2.50. The van der Waals surface area contributed by atoms with Gasteiger partial charge in [-0.25, -0.2) is 8.42 Å². The Labute approximate surface area is 140 Å². The summed E-state index contributed by atoms with van der Waals surface area (Å²) in [6, 6.07) is 5.88. The fourth-order valence-corrected chi connectivity index (χ4v) is 5.37. The summed E-state index contributed by atoms with van der Waals surface area (Å²) in [6.07, 6.45) is 1.36. The van der Waals surface area contributed by atoms with E-state index in [4.69, 9.17) is 11.6 Å². The Morgan fingerprint density at radius 1 is 1.39 bits per heavy atom. The number of halogens is 1. The number of nitrogens with zero attached hydrogens (tertiary/aromatic N) is 2. The Bertz CT molecular complexity index is 735. The Hall–Kier alpha value is -1.15. The number of rotatable bonds is 4. The molecule has 2 fully saturated rings. The lowest BCUT2D eigenvalue weighted by molar-refractivity contribution is -0.146. The molecule has 6 nitrogen and oxygen atoms in total. The van der Waals surface area contributed by atoms with E-state index in [-0.39, 0.29) is 17.5 Å². The van der Waals surface area contributed by atoms with Crippen LogP contribution < -0.4 is 0 Å². The second-order valence-electron chi connectivity index (χ2n) is 6.32. The van der Waals surface area contributed by atoms with Gasteiger partial charge in [0.2, 0.25) is 10.0 Å². The van der Waals surface area contributed by atoms with Crippen molar-refractivity contribution in [1.82, 2.24) is 9.21 Å². The van der Waals surface area contributed by atoms with Gasteiger partial charge in [-0.3, -0.25) is 9.69 Å². The maximum absolute atomic E-state index is 13.0. The van der Waals surface area contributed by atoms with E-state index in [1.807, 2.05) is 0 Å². The van der Waals surface area contributed by atoms with Gasteiger partial charge in [0.15, 0.2) is 0 Å². The molecule has 2 heterocycles. The van der Waals surface area contributed by atoms with Crippen LogP contribution >= 0.6 is 11.6 Å². The molecule has 0 bridgehead atoms. The van der Waals surface area contributed by atoms with Crippen LogP contribution in [0.25, 0.3) is 0 Å². The maximum Gasteiger partial charge on any atom is 0.324 e. The fourth-order valence-electron chi connectivity index (χ4n) is 3.28. The average Bonchev–Trinajstić information content (AvgIpc) is 2.76. The van der Waals surface area contributed by atoms with E-state index in [1.54, 1.807) is 12.1 Å². The van der Waals surface area contributed by atoms with Gasteiger partial charge in [-0.05, 0) is 51.1 Å². The van der Waals surface area contributed by atoms with Gasteiger partial charge < -0.3 is 5.11 Å². The first-order valence-electron chi connectivity index (χ1n) is 7.51. The van der Waals surface area contributed by atoms with E-state index in [2.05, 4.69) is 4.90 Å². The van der Waals surface area contributed by atoms with Gasteiger partial charge in [-0.1, -0.05) is 17.7 Å². The molecule has 2 aliphatic rings. The van der Waals surface area contributed by atoms with E-state index in [1.165, 1.54) is 19.1 Å². The van der Waals surface area contributed by atoms with Crippen LogP contribution in [0.1, 0.15) is 19.8 Å². The molecule has 8 heteroatoms. The Morgan fingerprint density at radius 2 is 2.09 bits per heavy atom. The summed E-state index contributed by atoms with van der Waals surface area (Å²) in [4.78, 5) is 14.0. The molecule has 126 valence electrons. The molecule has 1 aromatic carbocycles. The Balaban J connectivity index is 1.99. The molecule has 3 rings (SSSR count). The number of carboxylic acids is 1. The van der Waals surface area contributed by atoms with Crippen LogP contribution in [-0.4, -0.2) is 59.9 Å². The van der Waals surface area contributed by atoms with Crippen LogP contribution in [0.4, 0.5) is 0 Å². The summed E-state index contributed by atoms with van der Waals surface area (Å²) in [5.41, 5.74) is -1.44. The van der Waals surface area contributed by atoms with Gasteiger partial charge in [0.1, 0.15) is 5.54 Å². The third-order valence-corrected chi connectivity index (χ3v) is 7.03.